The molecule has 0 spiro atoms. The van der Waals surface area contributed by atoms with Gasteiger partial charge in [0.25, 0.3) is 5.91 Å². The highest BCUT2D eigenvalue weighted by Crippen LogP contribution is 2.24. The van der Waals surface area contributed by atoms with E-state index in [1.54, 1.807) is 22.6 Å². The molecule has 6 rings (SSSR count). The number of allylic oxidation sites excluding steroid dienone is 1. The molecule has 0 radical (unpaired) electrons. The van der Waals surface area contributed by atoms with Crippen LogP contribution in [-0.2, 0) is 30.1 Å². The maximum Gasteiger partial charge on any atom is 0.252 e. The lowest BCUT2D eigenvalue weighted by molar-refractivity contribution is -0.147. The van der Waals surface area contributed by atoms with Crippen molar-refractivity contribution in [2.24, 2.45) is 0 Å². The first kappa shape index (κ1) is 39.3. The van der Waals surface area contributed by atoms with Crippen LogP contribution in [0.4, 0.5) is 0 Å². The summed E-state index contributed by atoms with van der Waals surface area (Å²) in [6.07, 6.45) is 12.4. The topological polar surface area (TPSA) is 155 Å². The number of aromatic amines is 1. The first-order valence-corrected chi connectivity index (χ1v) is 18.5. The molecule has 0 bridgehead atoms. The lowest BCUT2D eigenvalue weighted by atomic mass is 10.2. The number of fused-ring (bicyclic) bond motifs is 1. The number of H-pyrrole nitrogens is 1. The van der Waals surface area contributed by atoms with Crippen molar-refractivity contribution in [3.63, 3.8) is 0 Å². The standard InChI is InChI=1S/C17H28N2O3.C13H11N3O.C4H7NO2S.C2H6/c1-3-4-5-6-12-22-13(2)17(21)19-11-7-8-15(19)16(20)18-14-9-10-14;1-9-6-7-16(15-9)13-8-12(17)10-4-2-3-5-11(10)14-13;6-3-5-8(7)4-1-2-4;1-2/h3,13-15H,1,4-12H2,2H3,(H,18,20);2-8H,1H3,(H,14,17);3-4H,1-2H2,(H,5,6);1-2H3/t13-,15?;;;/m1.../s1. The number of aromatic nitrogens is 3. The quantitative estimate of drug-likeness (QED) is 0.134. The van der Waals surface area contributed by atoms with Gasteiger partial charge in [-0.05, 0) is 89.8 Å². The van der Waals surface area contributed by atoms with E-state index in [4.69, 9.17) is 4.74 Å². The normalized spacial score (nSPS) is 17.6. The number of ether oxygens (including phenoxy) is 1. The molecular weight excluding hydrogens is 644 g/mol. The third-order valence-electron chi connectivity index (χ3n) is 7.96. The molecule has 3 fully saturated rings. The van der Waals surface area contributed by atoms with Crippen LogP contribution in [0.25, 0.3) is 16.7 Å². The molecule has 2 aromatic heterocycles. The summed E-state index contributed by atoms with van der Waals surface area (Å²) < 4.78 is 20.1. The summed E-state index contributed by atoms with van der Waals surface area (Å²) in [7, 11) is -1.08. The summed E-state index contributed by atoms with van der Waals surface area (Å²) >= 11 is 0. The summed E-state index contributed by atoms with van der Waals surface area (Å²) in [6.45, 7) is 12.6. The van der Waals surface area contributed by atoms with Gasteiger partial charge in [-0.25, -0.2) is 8.89 Å². The van der Waals surface area contributed by atoms with Crippen LogP contribution < -0.4 is 15.5 Å². The number of hydrogen-bond donors (Lipinski definition) is 3. The van der Waals surface area contributed by atoms with Gasteiger partial charge in [-0.15, -0.1) is 6.58 Å². The number of carbonyl (C=O) groups excluding carboxylic acids is 3. The summed E-state index contributed by atoms with van der Waals surface area (Å²) in [5.41, 5.74) is 1.74. The maximum atomic E-state index is 12.5. The van der Waals surface area contributed by atoms with Crippen LogP contribution in [0.2, 0.25) is 0 Å². The number of nitrogens with zero attached hydrogens (tertiary/aromatic N) is 3. The minimum Gasteiger partial charge on any atom is -0.369 e. The number of nitrogens with one attached hydrogen (secondary N) is 3. The van der Waals surface area contributed by atoms with Crippen molar-refractivity contribution >= 4 is 40.1 Å². The molecule has 1 saturated heterocycles. The summed E-state index contributed by atoms with van der Waals surface area (Å²) in [5.74, 6) is 0.630. The molecule has 2 saturated carbocycles. The number of rotatable bonds is 13. The van der Waals surface area contributed by atoms with Gasteiger partial charge < -0.3 is 19.9 Å². The van der Waals surface area contributed by atoms with Crippen molar-refractivity contribution in [2.75, 3.05) is 13.2 Å². The van der Waals surface area contributed by atoms with Crippen LogP contribution in [0.3, 0.4) is 0 Å². The van der Waals surface area contributed by atoms with Crippen LogP contribution in [0, 0.1) is 6.92 Å². The third-order valence-corrected chi connectivity index (χ3v) is 9.37. The Morgan fingerprint density at radius 2 is 1.88 bits per heavy atom. The number of unbranched alkanes of at least 4 members (excludes halogenated alkanes) is 2. The molecular formula is C36H52N6O6S. The van der Waals surface area contributed by atoms with Crippen LogP contribution in [-0.4, -0.2) is 78.7 Å². The molecule has 2 aliphatic carbocycles. The van der Waals surface area contributed by atoms with Gasteiger partial charge >= 0.3 is 0 Å². The van der Waals surface area contributed by atoms with Gasteiger partial charge in [0.2, 0.25) is 12.3 Å². The second-order valence-electron chi connectivity index (χ2n) is 12.0. The molecule has 12 nitrogen and oxygen atoms in total. The van der Waals surface area contributed by atoms with E-state index >= 15 is 0 Å². The average Bonchev–Trinajstić information content (AvgIpc) is 4.04. The number of benzene rings is 1. The van der Waals surface area contributed by atoms with Crippen molar-refractivity contribution in [2.45, 2.75) is 109 Å². The van der Waals surface area contributed by atoms with E-state index in [2.05, 4.69) is 26.7 Å². The number of carbonyl (C=O) groups is 3. The Bertz CT molecular complexity index is 1600. The Balaban J connectivity index is 0.000000212. The van der Waals surface area contributed by atoms with Crippen LogP contribution in [0.1, 0.15) is 84.3 Å². The van der Waals surface area contributed by atoms with Gasteiger partial charge in [0, 0.05) is 36.8 Å². The first-order valence-electron chi connectivity index (χ1n) is 17.3. The number of para-hydroxylation sites is 1. The zero-order valence-electron chi connectivity index (χ0n) is 29.2. The zero-order valence-corrected chi connectivity index (χ0v) is 30.0. The molecule has 268 valence electrons. The smallest absolute Gasteiger partial charge is 0.252 e. The predicted octanol–water partition coefficient (Wildman–Crippen LogP) is 4.62. The van der Waals surface area contributed by atoms with E-state index in [1.165, 1.54) is 0 Å². The Kier molecular flexibility index (Phi) is 16.4. The molecule has 3 aromatic rings. The maximum absolute atomic E-state index is 12.5. The predicted molar refractivity (Wildman–Crippen MR) is 194 cm³/mol. The third kappa shape index (κ3) is 12.7. The fraction of sp³-hybridized carbons (Fsp3) is 0.528. The molecule has 1 aliphatic heterocycles. The lowest BCUT2D eigenvalue weighted by Crippen LogP contribution is -2.49. The van der Waals surface area contributed by atoms with Crippen molar-refractivity contribution in [3.8, 4) is 5.82 Å². The van der Waals surface area contributed by atoms with Crippen molar-refractivity contribution in [1.29, 1.82) is 0 Å². The Morgan fingerprint density at radius 3 is 2.51 bits per heavy atom. The summed E-state index contributed by atoms with van der Waals surface area (Å²) in [6, 6.07) is 10.9. The fourth-order valence-electron chi connectivity index (χ4n) is 5.07. The molecule has 3 atom stereocenters. The molecule has 13 heteroatoms. The van der Waals surface area contributed by atoms with Crippen LogP contribution in [0.15, 0.2) is 60.0 Å². The molecule has 3 aliphatic rings. The highest BCUT2D eigenvalue weighted by Gasteiger charge is 2.38. The number of pyridine rings is 1. The van der Waals surface area contributed by atoms with E-state index in [0.29, 0.717) is 36.8 Å². The monoisotopic (exact) mass is 696 g/mol. The molecule has 2 unspecified atom stereocenters. The summed E-state index contributed by atoms with van der Waals surface area (Å²) in [4.78, 5) is 51.2. The number of amides is 3. The average molecular weight is 697 g/mol. The van der Waals surface area contributed by atoms with Crippen LogP contribution >= 0.6 is 0 Å². The second kappa shape index (κ2) is 20.4. The van der Waals surface area contributed by atoms with E-state index in [-0.39, 0.29) is 28.5 Å². The molecule has 1 aromatic carbocycles. The van der Waals surface area contributed by atoms with E-state index in [0.717, 1.165) is 69.0 Å². The lowest BCUT2D eigenvalue weighted by Gasteiger charge is -2.26. The first-order chi connectivity index (χ1) is 23.7. The molecule has 3 heterocycles. The largest absolute Gasteiger partial charge is 0.369 e. The highest BCUT2D eigenvalue weighted by molar-refractivity contribution is 7.84. The van der Waals surface area contributed by atoms with E-state index < -0.39 is 17.1 Å². The fourth-order valence-corrected chi connectivity index (χ4v) is 5.92. The van der Waals surface area contributed by atoms with Gasteiger partial charge in [0.15, 0.2) is 5.43 Å². The molecule has 3 N–H and O–H groups in total. The number of hydrogen-bond acceptors (Lipinski definition) is 7. The van der Waals surface area contributed by atoms with Crippen LogP contribution in [0.5, 0.6) is 0 Å². The highest BCUT2D eigenvalue weighted by atomic mass is 32.2. The van der Waals surface area contributed by atoms with Crippen molar-refractivity contribution in [1.82, 2.24) is 29.7 Å². The van der Waals surface area contributed by atoms with Crippen molar-refractivity contribution in [3.05, 3.63) is 71.2 Å². The van der Waals surface area contributed by atoms with Gasteiger partial charge in [-0.3, -0.25) is 23.9 Å². The van der Waals surface area contributed by atoms with Gasteiger partial charge in [-0.1, -0.05) is 32.1 Å². The Hall–Kier alpha value is -4.10. The minimum atomic E-state index is -1.08. The SMILES string of the molecule is C=CCCCCO[C@H](C)C(=O)N1CCCC1C(=O)NC1CC1.CC.Cc1ccn(-c2cc(=O)c3ccccc3[nH]2)n1.O=CNS(=O)C1CC1. The minimum absolute atomic E-state index is 0.00232. The Labute approximate surface area is 291 Å². The number of aryl methyl sites for hydroxylation is 1. The molecule has 3 amide bonds. The van der Waals surface area contributed by atoms with Crippen molar-refractivity contribution < 1.29 is 23.3 Å². The van der Waals surface area contributed by atoms with Gasteiger partial charge in [0.1, 0.15) is 28.9 Å². The van der Waals surface area contributed by atoms with E-state index in [1.807, 2.05) is 63.4 Å². The Morgan fingerprint density at radius 1 is 1.14 bits per heavy atom. The second-order valence-corrected chi connectivity index (χ2v) is 13.5. The van der Waals surface area contributed by atoms with Gasteiger partial charge in [0.05, 0.1) is 16.5 Å². The van der Waals surface area contributed by atoms with E-state index in [9.17, 15) is 23.4 Å². The molecule has 49 heavy (non-hydrogen) atoms. The number of likely N-dealkylation sites (tertiary alicyclic amines) is 1. The van der Waals surface area contributed by atoms with Gasteiger partial charge in [-0.2, -0.15) is 5.10 Å². The summed E-state index contributed by atoms with van der Waals surface area (Å²) in [5, 5.41) is 8.22. The zero-order chi connectivity index (χ0) is 35.8.